The van der Waals surface area contributed by atoms with E-state index in [0.29, 0.717) is 0 Å². The Balaban J connectivity index is 3.04. The van der Waals surface area contributed by atoms with Gasteiger partial charge in [-0.1, -0.05) is 25.4 Å². The van der Waals surface area contributed by atoms with Crippen LogP contribution in [0.15, 0.2) is 0 Å². The quantitative estimate of drug-likeness (QED) is 0.387. The molecule has 60 valence electrons. The first-order chi connectivity index (χ1) is 4.56. The molecular weight excluding hydrogens is 223 g/mol. The molecule has 0 heterocycles. The third-order valence-electron chi connectivity index (χ3n) is 1.14. The normalized spacial score (nSPS) is 12.0. The van der Waals surface area contributed by atoms with Crippen molar-refractivity contribution < 1.29 is 0 Å². The molecule has 0 spiro atoms. The Hall–Kier alpha value is 1.30. The van der Waals surface area contributed by atoms with E-state index in [1.807, 2.05) is 0 Å². The van der Waals surface area contributed by atoms with Gasteiger partial charge in [-0.3, -0.25) is 0 Å². The standard InChI is InChI=1S/C5H11Cl3Si2/c1-9-4-2-3-5-10(6,7)8/h2-5H2,1H3. The molecule has 0 aliphatic carbocycles. The zero-order valence-corrected chi connectivity index (χ0v) is 10.2. The maximum absolute atomic E-state index is 5.68. The molecule has 0 bridgehead atoms. The van der Waals surface area contributed by atoms with Crippen molar-refractivity contribution in [2.75, 3.05) is 0 Å². The Bertz CT molecular complexity index is 81.5. The molecule has 0 unspecified atom stereocenters. The van der Waals surface area contributed by atoms with Gasteiger partial charge in [0.05, 0.1) is 0 Å². The molecule has 0 aromatic rings. The van der Waals surface area contributed by atoms with Gasteiger partial charge in [0.25, 0.3) is 0 Å². The van der Waals surface area contributed by atoms with E-state index in [-0.39, 0.29) is 0 Å². The van der Waals surface area contributed by atoms with Crippen molar-refractivity contribution in [3.05, 3.63) is 0 Å². The molecule has 0 aromatic carbocycles. The van der Waals surface area contributed by atoms with Crippen LogP contribution in [0, 0.1) is 0 Å². The SMILES string of the molecule is C[Si]CCCC[Si](Cl)(Cl)Cl. The second-order valence-electron chi connectivity index (χ2n) is 2.18. The molecule has 0 aromatic heterocycles. The lowest BCUT2D eigenvalue weighted by molar-refractivity contribution is 0.874. The third kappa shape index (κ3) is 9.30. The molecule has 0 aliphatic rings. The predicted octanol–water partition coefficient (Wildman–Crippen LogP) is 3.59. The zero-order chi connectivity index (χ0) is 8.04. The second kappa shape index (κ2) is 5.89. The van der Waals surface area contributed by atoms with Crippen LogP contribution in [0.25, 0.3) is 0 Å². The Morgan fingerprint density at radius 2 is 1.80 bits per heavy atom. The molecule has 2 radical (unpaired) electrons. The van der Waals surface area contributed by atoms with Crippen molar-refractivity contribution in [1.29, 1.82) is 0 Å². The van der Waals surface area contributed by atoms with Crippen molar-refractivity contribution in [3.8, 4) is 0 Å². The van der Waals surface area contributed by atoms with Crippen molar-refractivity contribution in [1.82, 2.24) is 0 Å². The van der Waals surface area contributed by atoms with Crippen molar-refractivity contribution in [3.63, 3.8) is 0 Å². The first-order valence-electron chi connectivity index (χ1n) is 3.27. The van der Waals surface area contributed by atoms with Crippen LogP contribution in [0.4, 0.5) is 0 Å². The van der Waals surface area contributed by atoms with Gasteiger partial charge in [0.15, 0.2) is 0 Å². The van der Waals surface area contributed by atoms with E-state index in [1.165, 1.54) is 12.5 Å². The first kappa shape index (κ1) is 11.3. The van der Waals surface area contributed by atoms with Gasteiger partial charge < -0.3 is 0 Å². The fourth-order valence-corrected chi connectivity index (χ4v) is 3.08. The Morgan fingerprint density at radius 1 is 1.20 bits per heavy atom. The summed E-state index contributed by atoms with van der Waals surface area (Å²) >= 11 is 17.1. The van der Waals surface area contributed by atoms with Crippen LogP contribution >= 0.6 is 33.2 Å². The highest BCUT2D eigenvalue weighted by Gasteiger charge is 2.23. The largest absolute Gasteiger partial charge is 0.341 e. The summed E-state index contributed by atoms with van der Waals surface area (Å²) in [5, 5.41) is 0. The predicted molar refractivity (Wildman–Crippen MR) is 53.8 cm³/mol. The van der Waals surface area contributed by atoms with E-state index in [9.17, 15) is 0 Å². The Morgan fingerprint density at radius 3 is 2.20 bits per heavy atom. The summed E-state index contributed by atoms with van der Waals surface area (Å²) in [5.41, 5.74) is 0. The summed E-state index contributed by atoms with van der Waals surface area (Å²) in [5.74, 6) is 0. The van der Waals surface area contributed by atoms with Gasteiger partial charge in [0, 0.05) is 9.52 Å². The number of unbranched alkanes of at least 4 members (excludes halogenated alkanes) is 1. The second-order valence-corrected chi connectivity index (χ2v) is 12.7. The lowest BCUT2D eigenvalue weighted by Crippen LogP contribution is -2.07. The van der Waals surface area contributed by atoms with Crippen LogP contribution < -0.4 is 0 Å². The topological polar surface area (TPSA) is 0 Å². The van der Waals surface area contributed by atoms with Crippen molar-refractivity contribution in [2.24, 2.45) is 0 Å². The average molecular weight is 234 g/mol. The number of hydrogen-bond acceptors (Lipinski definition) is 0. The van der Waals surface area contributed by atoms with Gasteiger partial charge in [-0.05, 0) is 6.04 Å². The van der Waals surface area contributed by atoms with E-state index in [1.54, 1.807) is 0 Å². The minimum atomic E-state index is -2.29. The Kier molecular flexibility index (Phi) is 6.66. The molecule has 0 fully saturated rings. The van der Waals surface area contributed by atoms with Crippen LogP contribution in [0.2, 0.25) is 18.6 Å². The Labute approximate surface area is 80.2 Å². The van der Waals surface area contributed by atoms with E-state index in [0.717, 1.165) is 22.0 Å². The maximum atomic E-state index is 5.68. The summed E-state index contributed by atoms with van der Waals surface area (Å²) in [6, 6.07) is -0.179. The highest BCUT2D eigenvalue weighted by molar-refractivity contribution is 7.64. The number of hydrogen-bond donors (Lipinski definition) is 0. The molecule has 0 rings (SSSR count). The van der Waals surface area contributed by atoms with E-state index >= 15 is 0 Å². The molecule has 0 amide bonds. The molecule has 0 saturated heterocycles. The summed E-state index contributed by atoms with van der Waals surface area (Å²) in [6.45, 7) is 2.20. The van der Waals surface area contributed by atoms with Crippen molar-refractivity contribution in [2.45, 2.75) is 31.5 Å². The molecule has 0 saturated carbocycles. The molecule has 0 atom stereocenters. The van der Waals surface area contributed by atoms with Crippen LogP contribution in [0.3, 0.4) is 0 Å². The number of halogens is 3. The zero-order valence-electron chi connectivity index (χ0n) is 5.96. The molecule has 0 nitrogen and oxygen atoms in total. The van der Waals surface area contributed by atoms with Crippen LogP contribution in [-0.2, 0) is 0 Å². The lowest BCUT2D eigenvalue weighted by atomic mass is 10.4. The van der Waals surface area contributed by atoms with Gasteiger partial charge in [-0.2, -0.15) is 0 Å². The van der Waals surface area contributed by atoms with Crippen LogP contribution in [0.5, 0.6) is 0 Å². The van der Waals surface area contributed by atoms with E-state index in [4.69, 9.17) is 33.2 Å². The highest BCUT2D eigenvalue weighted by atomic mass is 35.8. The minimum absolute atomic E-state index is 0.822. The van der Waals surface area contributed by atoms with Gasteiger partial charge >= 0.3 is 6.00 Å². The molecule has 5 heteroatoms. The number of rotatable bonds is 5. The average Bonchev–Trinajstić information content (AvgIpc) is 1.78. The monoisotopic (exact) mass is 232 g/mol. The summed E-state index contributed by atoms with van der Waals surface area (Å²) < 4.78 is 0. The summed E-state index contributed by atoms with van der Waals surface area (Å²) in [4.78, 5) is 0. The maximum Gasteiger partial charge on any atom is 0.341 e. The van der Waals surface area contributed by atoms with Crippen molar-refractivity contribution >= 4 is 48.8 Å². The molecular formula is C5H11Cl3Si2. The molecule has 0 aliphatic heterocycles. The first-order valence-corrected chi connectivity index (χ1v) is 10.2. The minimum Gasteiger partial charge on any atom is -0.126 e. The summed E-state index contributed by atoms with van der Waals surface area (Å²) in [7, 11) is 1.04. The third-order valence-corrected chi connectivity index (χ3v) is 4.61. The van der Waals surface area contributed by atoms with Gasteiger partial charge in [-0.25, -0.2) is 0 Å². The van der Waals surface area contributed by atoms with Gasteiger partial charge in [0.1, 0.15) is 0 Å². The fraction of sp³-hybridized carbons (Fsp3) is 1.00. The smallest absolute Gasteiger partial charge is 0.126 e. The van der Waals surface area contributed by atoms with Gasteiger partial charge in [0.2, 0.25) is 0 Å². The fourth-order valence-electron chi connectivity index (χ4n) is 0.627. The van der Waals surface area contributed by atoms with Crippen LogP contribution in [0.1, 0.15) is 12.8 Å². The molecule has 10 heavy (non-hydrogen) atoms. The van der Waals surface area contributed by atoms with Crippen LogP contribution in [-0.4, -0.2) is 15.5 Å². The van der Waals surface area contributed by atoms with Gasteiger partial charge in [-0.15, -0.1) is 33.2 Å². The van der Waals surface area contributed by atoms with E-state index in [2.05, 4.69) is 6.55 Å². The van der Waals surface area contributed by atoms with E-state index < -0.39 is 6.00 Å². The summed E-state index contributed by atoms with van der Waals surface area (Å²) in [6.07, 6.45) is 2.30. The lowest BCUT2D eigenvalue weighted by Gasteiger charge is -2.05. The highest BCUT2D eigenvalue weighted by Crippen LogP contribution is 2.27. The molecule has 0 N–H and O–H groups in total.